The van der Waals surface area contributed by atoms with Crippen molar-refractivity contribution in [1.82, 2.24) is 49.5 Å². The number of methoxy groups -OCH3 is 4. The average molecular weight is 2000 g/mol. The number of nitrogens with one attached hydrogen (secondary N) is 6. The van der Waals surface area contributed by atoms with Crippen molar-refractivity contribution in [3.63, 3.8) is 0 Å². The van der Waals surface area contributed by atoms with Gasteiger partial charge in [-0.15, -0.1) is 35.8 Å². The number of rotatable bonds is 47. The van der Waals surface area contributed by atoms with Gasteiger partial charge in [0.25, 0.3) is 0 Å². The summed E-state index contributed by atoms with van der Waals surface area (Å²) in [6.07, 6.45) is 2.40. The van der Waals surface area contributed by atoms with Gasteiger partial charge in [0.05, 0.1) is 66.7 Å². The summed E-state index contributed by atoms with van der Waals surface area (Å²) in [4.78, 5) is 59.4. The summed E-state index contributed by atoms with van der Waals surface area (Å²) < 4.78 is 69.1. The first-order valence-electron chi connectivity index (χ1n) is 44.0. The molecule has 2 aromatic heterocycles. The Bertz CT molecular complexity index is 5970. The van der Waals surface area contributed by atoms with Crippen LogP contribution >= 0.6 is 0 Å². The molecule has 1 radical (unpaired) electrons. The molecule has 139 heavy (non-hydrogen) atoms. The van der Waals surface area contributed by atoms with E-state index in [0.717, 1.165) is 164 Å². The zero-order chi connectivity index (χ0) is 100. The first kappa shape index (κ1) is 112. The van der Waals surface area contributed by atoms with Crippen LogP contribution in [-0.2, 0) is 41.9 Å². The quantitative estimate of drug-likeness (QED) is 0.00957. The number of hydrogen-bond donors (Lipinski definition) is 13. The number of nitrogens with two attached hydrogens (primary N) is 2. The van der Waals surface area contributed by atoms with Crippen LogP contribution < -0.4 is 77.7 Å². The maximum Gasteiger partial charge on any atom is 3.00 e. The molecule has 745 valence electrons. The molecule has 10 rings (SSSR count). The van der Waals surface area contributed by atoms with Crippen molar-refractivity contribution in [2.45, 2.75) is 104 Å². The molecule has 0 amide bonds. The number of primary sulfonamides is 2. The van der Waals surface area contributed by atoms with Crippen LogP contribution in [0, 0.1) is 0 Å². The van der Waals surface area contributed by atoms with Crippen LogP contribution in [-0.4, -0.2) is 237 Å². The number of azo groups is 6. The maximum atomic E-state index is 13.2. The number of aromatic nitrogens is 6. The normalized spacial score (nSPS) is 12.7. The van der Waals surface area contributed by atoms with E-state index >= 15 is 0 Å². The topological polar surface area (TPSA) is 668 Å². The van der Waals surface area contributed by atoms with E-state index in [2.05, 4.69) is 177 Å². The van der Waals surface area contributed by atoms with Crippen molar-refractivity contribution in [2.24, 2.45) is 91.6 Å². The predicted molar refractivity (Wildman–Crippen MR) is 512 cm³/mol. The minimum Gasteiger partial charge on any atom is -0.871 e. The second kappa shape index (κ2) is 56.5. The zero-order valence-corrected chi connectivity index (χ0v) is 82.0. The molecule has 0 aliphatic heterocycles. The number of aliphatic hydroxyl groups is 1. The third-order valence-electron chi connectivity index (χ3n) is 20.4. The summed E-state index contributed by atoms with van der Waals surface area (Å²) >= 11 is 0. The van der Waals surface area contributed by atoms with Gasteiger partial charge < -0.3 is 90.0 Å². The van der Waals surface area contributed by atoms with E-state index in [1.165, 1.54) is 71.8 Å². The molecule has 47 nitrogen and oxygen atoms in total. The van der Waals surface area contributed by atoms with Crippen LogP contribution in [0.3, 0.4) is 0 Å². The van der Waals surface area contributed by atoms with Gasteiger partial charge in [-0.1, -0.05) is 84.8 Å². The Morgan fingerprint density at radius 3 is 1.12 bits per heavy atom. The van der Waals surface area contributed by atoms with Gasteiger partial charge in [0.1, 0.15) is 74.7 Å². The predicted octanol–water partition coefficient (Wildman–Crippen LogP) is 13.1. The molecule has 0 aliphatic carbocycles. The fourth-order valence-electron chi connectivity index (χ4n) is 12.5. The number of hydrogen-bond acceptors (Lipinski definition) is 40. The molecule has 0 bridgehead atoms. The molecule has 10 aromatic rings. The van der Waals surface area contributed by atoms with E-state index in [-0.39, 0.29) is 89.7 Å². The number of phenols is 3. The third-order valence-corrected chi connectivity index (χ3v) is 22.2. The molecule has 15 N–H and O–H groups in total. The van der Waals surface area contributed by atoms with Crippen LogP contribution in [0.4, 0.5) is 91.5 Å². The number of phenolic OH excluding ortho intramolecular Hbond substituents is 3. The van der Waals surface area contributed by atoms with Crippen LogP contribution in [0.5, 0.6) is 57.5 Å². The molecule has 0 spiro atoms. The average Bonchev–Trinajstić information content (AvgIpc) is 0.811. The van der Waals surface area contributed by atoms with E-state index in [1.807, 2.05) is 24.3 Å². The summed E-state index contributed by atoms with van der Waals surface area (Å²) in [7, 11) is -2.60. The molecule has 0 saturated carbocycles. The second-order valence-corrected chi connectivity index (χ2v) is 32.8. The number of aromatic hydroxyl groups is 3. The van der Waals surface area contributed by atoms with Crippen molar-refractivity contribution >= 4 is 118 Å². The van der Waals surface area contributed by atoms with Crippen molar-refractivity contribution in [1.29, 1.82) is 0 Å². The molecule has 8 aromatic carbocycles. The van der Waals surface area contributed by atoms with E-state index in [9.17, 15) is 52.3 Å². The Morgan fingerprint density at radius 1 is 0.410 bits per heavy atom. The van der Waals surface area contributed by atoms with Gasteiger partial charge in [-0.2, -0.15) is 35.5 Å². The van der Waals surface area contributed by atoms with Gasteiger partial charge in [0.2, 0.25) is 54.4 Å². The Balaban J connectivity index is 0.000000354. The van der Waals surface area contributed by atoms with E-state index in [4.69, 9.17) is 59.4 Å². The number of carbonyl (C=O) groups is 1. The molecule has 1 unspecified atom stereocenters. The molecule has 2 heterocycles. The first-order valence-corrected chi connectivity index (χ1v) is 47.1. The Labute approximate surface area is 813 Å². The van der Waals surface area contributed by atoms with Crippen molar-refractivity contribution < 1.29 is 98.5 Å². The molecule has 50 heteroatoms. The number of benzene rings is 8. The minimum atomic E-state index is -4.15. The van der Waals surface area contributed by atoms with Gasteiger partial charge in [-0.25, -0.2) is 31.9 Å². The third kappa shape index (κ3) is 35.4. The molecule has 0 fully saturated rings. The number of sulfonamides is 2. The minimum absolute atomic E-state index is 0. The summed E-state index contributed by atoms with van der Waals surface area (Å²) in [5, 5.41) is 151. The van der Waals surface area contributed by atoms with Crippen LogP contribution in [0.1, 0.15) is 88.0 Å². The largest absolute Gasteiger partial charge is 3.00 e. The maximum absolute atomic E-state index is 13.2. The number of nitrogens with zero attached hydrogens (tertiary/aromatic N) is 22. The Morgan fingerprint density at radius 2 is 0.734 bits per heavy atom. The summed E-state index contributed by atoms with van der Waals surface area (Å²) in [5.41, 5.74) is 3.22. The Hall–Kier alpha value is -14.2. The standard InChI is InChI=1S/2C43H57N15O7S.C3H6O3.Fe/c2*1-7-57(8-2)23-11-21-45-41-48-42(46-22-12-24-58(9-3)10-4)50-43(49-41)47-28-13-15-29(16-14-28)51-54-33-26-38(65-6)34(27-37(33)64-5)55-56-39-36(60)20-18-31(40(39)61)52-53-32-25-30(66(44,62)63)17-19-35(32)59;1-2(4)3(5)6;/h2*13-20,25-27,59-61H,7-12,21-24H2,1-6H3,(H2,44,62,63)(H3,45,46,47,48,49,50);2,4H,1H3,(H,5,6);/q;;;+3/p-3. The molecule has 0 aliphatic rings. The van der Waals surface area contributed by atoms with E-state index in [0.29, 0.717) is 77.6 Å². The van der Waals surface area contributed by atoms with E-state index < -0.39 is 78.0 Å². The van der Waals surface area contributed by atoms with Gasteiger partial charge in [0.15, 0.2) is 11.4 Å². The summed E-state index contributed by atoms with van der Waals surface area (Å²) in [5.74, 6) is -3.26. The van der Waals surface area contributed by atoms with Crippen LogP contribution in [0.2, 0.25) is 0 Å². The van der Waals surface area contributed by atoms with Crippen LogP contribution in [0.25, 0.3) is 0 Å². The monoisotopic (exact) mass is 2000 g/mol. The number of aliphatic hydroxyl groups excluding tert-OH is 1. The summed E-state index contributed by atoms with van der Waals surface area (Å²) in [6, 6.07) is 30.9. The van der Waals surface area contributed by atoms with Gasteiger partial charge in [0, 0.05) is 61.8 Å². The SMILES string of the molecule is CC(O)C(=O)O.CCN(CC)CCCN=c1nc(Nc2ccc(N=Nc3cc(OC)c(N=Nc4c(O)ccc(N=Nc5cc(S(N)(=O)=O)ccc5O)c4O)cc3OC)cc2)[nH]c(=NCCCN(CC)CC)[nH]1.CCN(CC)CCCN=c1nc(Nc2ccc(N=Nc3cc(OC)c(N=Nc4c([O-])ccc(N=Nc5cc(S(N)(=O)=O)ccc5[O-])c4[O-])cc3OC)cc2)[nH]c(=NCCCN(CC)CC)[nH]1.[Fe+3]. The fourth-order valence-corrected chi connectivity index (χ4v) is 13.6. The zero-order valence-electron chi connectivity index (χ0n) is 79.2. The number of H-pyrrole nitrogens is 4. The van der Waals surface area contributed by atoms with Crippen LogP contribution in [0.15, 0.2) is 225 Å². The summed E-state index contributed by atoms with van der Waals surface area (Å²) in [6.45, 7) is 32.7. The number of carboxylic acids is 1. The number of ether oxygens (including phenoxy) is 4. The fraction of sp³-hybridized carbons (Fsp3) is 0.382. The molecular weight excluding hydrogens is 1880 g/mol. The molecule has 1 atom stereocenters. The van der Waals surface area contributed by atoms with E-state index in [1.54, 1.807) is 24.3 Å². The number of aromatic amines is 4. The van der Waals surface area contributed by atoms with Crippen molar-refractivity contribution in [3.8, 4) is 57.5 Å². The molecule has 0 saturated heterocycles. The van der Waals surface area contributed by atoms with Gasteiger partial charge in [-0.3, -0.25) is 39.9 Å². The number of carboxylic acid groups (broad SMARTS) is 1. The number of aliphatic carboxylic acids is 1. The molecular formula is C89H117FeN30O17S2. The van der Waals surface area contributed by atoms with Gasteiger partial charge in [-0.05, 0) is 208 Å². The van der Waals surface area contributed by atoms with Crippen molar-refractivity contribution in [3.05, 3.63) is 156 Å². The first-order chi connectivity index (χ1) is 66.2. The van der Waals surface area contributed by atoms with Gasteiger partial charge >= 0.3 is 23.0 Å². The Kier molecular flexibility index (Phi) is 45.4. The van der Waals surface area contributed by atoms with Crippen molar-refractivity contribution in [2.75, 3.05) is 144 Å². The second-order valence-electron chi connectivity index (χ2n) is 29.7. The smallest absolute Gasteiger partial charge is 0.871 e. The number of anilines is 4.